The molecule has 3 heterocycles. The number of pyridine rings is 2. The normalized spacial score (nSPS) is 13.7. The zero-order chi connectivity index (χ0) is 17.1. The Hall–Kier alpha value is -2.75. The number of carbonyl (C=O) groups excluding carboxylic acids is 1. The van der Waals surface area contributed by atoms with Crippen LogP contribution in [0.3, 0.4) is 0 Å². The summed E-state index contributed by atoms with van der Waals surface area (Å²) in [4.78, 5) is 23.5. The third-order valence-electron chi connectivity index (χ3n) is 4.79. The number of amides is 1. The van der Waals surface area contributed by atoms with E-state index in [0.717, 1.165) is 48.1 Å². The van der Waals surface area contributed by atoms with Gasteiger partial charge in [-0.3, -0.25) is 4.79 Å². The number of hydrogen-bond acceptors (Lipinski definition) is 3. The molecule has 3 aromatic rings. The lowest BCUT2D eigenvalue weighted by molar-refractivity contribution is -0.132. The zero-order valence-electron chi connectivity index (χ0n) is 14.2. The van der Waals surface area contributed by atoms with Crippen LogP contribution in [0.15, 0.2) is 54.7 Å². The zero-order valence-corrected chi connectivity index (χ0v) is 14.2. The van der Waals surface area contributed by atoms with Gasteiger partial charge < -0.3 is 4.90 Å². The third-order valence-corrected chi connectivity index (χ3v) is 4.79. The largest absolute Gasteiger partial charge is 0.338 e. The first-order chi connectivity index (χ1) is 12.3. The molecular formula is C21H21N3O. The van der Waals surface area contributed by atoms with Gasteiger partial charge in [0, 0.05) is 43.2 Å². The average molecular weight is 331 g/mol. The number of aromatic nitrogens is 2. The molecule has 0 N–H and O–H groups in total. The van der Waals surface area contributed by atoms with Crippen LogP contribution in [-0.4, -0.2) is 27.3 Å². The van der Waals surface area contributed by atoms with Crippen LogP contribution < -0.4 is 0 Å². The van der Waals surface area contributed by atoms with Crippen LogP contribution in [0.25, 0.3) is 11.0 Å². The predicted octanol–water partition coefficient (Wildman–Crippen LogP) is 3.54. The summed E-state index contributed by atoms with van der Waals surface area (Å²) in [6, 6.07) is 16.4. The Kier molecular flexibility index (Phi) is 4.42. The molecule has 1 aliphatic rings. The summed E-state index contributed by atoms with van der Waals surface area (Å²) in [6.07, 6.45) is 5.03. The highest BCUT2D eigenvalue weighted by Gasteiger charge is 2.21. The summed E-state index contributed by atoms with van der Waals surface area (Å²) in [7, 11) is 0. The Morgan fingerprint density at radius 3 is 2.88 bits per heavy atom. The fourth-order valence-electron chi connectivity index (χ4n) is 3.42. The van der Waals surface area contributed by atoms with Crippen molar-refractivity contribution in [3.8, 4) is 0 Å². The van der Waals surface area contributed by atoms with Gasteiger partial charge >= 0.3 is 0 Å². The molecule has 0 saturated heterocycles. The van der Waals surface area contributed by atoms with Crippen molar-refractivity contribution in [3.05, 3.63) is 71.5 Å². The Balaban J connectivity index is 1.39. The molecule has 4 rings (SSSR count). The minimum absolute atomic E-state index is 0.243. The van der Waals surface area contributed by atoms with Crippen molar-refractivity contribution in [3.63, 3.8) is 0 Å². The van der Waals surface area contributed by atoms with E-state index in [4.69, 9.17) is 0 Å². The second kappa shape index (κ2) is 7.01. The van der Waals surface area contributed by atoms with Crippen molar-refractivity contribution in [2.45, 2.75) is 32.2 Å². The van der Waals surface area contributed by atoms with Crippen LogP contribution in [0.1, 0.15) is 29.7 Å². The second-order valence-electron chi connectivity index (χ2n) is 6.55. The molecule has 0 bridgehead atoms. The Morgan fingerprint density at radius 2 is 2.00 bits per heavy atom. The van der Waals surface area contributed by atoms with Gasteiger partial charge in [-0.15, -0.1) is 0 Å². The van der Waals surface area contributed by atoms with Gasteiger partial charge in [0.25, 0.3) is 0 Å². The topological polar surface area (TPSA) is 46.1 Å². The molecule has 1 aliphatic heterocycles. The van der Waals surface area contributed by atoms with Crippen molar-refractivity contribution in [1.29, 1.82) is 0 Å². The highest BCUT2D eigenvalue weighted by Crippen LogP contribution is 2.22. The van der Waals surface area contributed by atoms with Crippen LogP contribution >= 0.6 is 0 Å². The van der Waals surface area contributed by atoms with Crippen LogP contribution in [0.5, 0.6) is 0 Å². The van der Waals surface area contributed by atoms with E-state index in [0.29, 0.717) is 13.0 Å². The molecule has 0 unspecified atom stereocenters. The lowest BCUT2D eigenvalue weighted by Gasteiger charge is -2.28. The minimum atomic E-state index is 0.243. The molecule has 25 heavy (non-hydrogen) atoms. The van der Waals surface area contributed by atoms with E-state index in [1.165, 1.54) is 5.56 Å². The number of rotatable bonds is 4. The van der Waals surface area contributed by atoms with Crippen LogP contribution in [0, 0.1) is 0 Å². The summed E-state index contributed by atoms with van der Waals surface area (Å²) >= 11 is 0. The molecular weight excluding hydrogens is 310 g/mol. The molecule has 4 heteroatoms. The molecule has 0 aliphatic carbocycles. The van der Waals surface area contributed by atoms with E-state index in [9.17, 15) is 4.79 Å². The smallest absolute Gasteiger partial charge is 0.222 e. The molecule has 0 spiro atoms. The molecule has 1 amide bonds. The quantitative estimate of drug-likeness (QED) is 0.734. The molecule has 0 fully saturated rings. The Bertz CT molecular complexity index is 892. The number of aryl methyl sites for hydroxylation is 1. The van der Waals surface area contributed by atoms with E-state index in [-0.39, 0.29) is 5.91 Å². The van der Waals surface area contributed by atoms with Gasteiger partial charge in [0.05, 0.1) is 0 Å². The lowest BCUT2D eigenvalue weighted by Crippen LogP contribution is -2.36. The fraction of sp³-hybridized carbons (Fsp3) is 0.286. The first-order valence-electron chi connectivity index (χ1n) is 8.85. The van der Waals surface area contributed by atoms with Gasteiger partial charge in [0.1, 0.15) is 0 Å². The predicted molar refractivity (Wildman–Crippen MR) is 98.0 cm³/mol. The first-order valence-corrected chi connectivity index (χ1v) is 8.85. The number of carbonyl (C=O) groups is 1. The van der Waals surface area contributed by atoms with Gasteiger partial charge in [-0.25, -0.2) is 9.97 Å². The van der Waals surface area contributed by atoms with Crippen molar-refractivity contribution in [1.82, 2.24) is 14.9 Å². The monoisotopic (exact) mass is 331 g/mol. The number of fused-ring (bicyclic) bond motifs is 2. The van der Waals surface area contributed by atoms with E-state index < -0.39 is 0 Å². The summed E-state index contributed by atoms with van der Waals surface area (Å²) in [5.74, 6) is 0.243. The molecule has 4 nitrogen and oxygen atoms in total. The van der Waals surface area contributed by atoms with Crippen molar-refractivity contribution >= 4 is 16.9 Å². The van der Waals surface area contributed by atoms with E-state index in [1.807, 2.05) is 35.2 Å². The molecule has 2 aromatic heterocycles. The fourth-order valence-corrected chi connectivity index (χ4v) is 3.42. The maximum absolute atomic E-state index is 12.6. The van der Waals surface area contributed by atoms with Gasteiger partial charge in [-0.2, -0.15) is 0 Å². The number of nitrogens with zero attached hydrogens (tertiary/aromatic N) is 3. The standard InChI is InChI=1S/C21H21N3O/c25-20(10-4-8-16-6-2-1-3-7-16)24-13-11-19-18(15-24)14-17-9-5-12-22-21(17)23-19/h1-3,5-7,9,12,14H,4,8,10-11,13,15H2. The first kappa shape index (κ1) is 15.8. The highest BCUT2D eigenvalue weighted by molar-refractivity contribution is 5.78. The summed E-state index contributed by atoms with van der Waals surface area (Å²) < 4.78 is 0. The number of benzene rings is 1. The van der Waals surface area contributed by atoms with Gasteiger partial charge in [0.15, 0.2) is 5.65 Å². The van der Waals surface area contributed by atoms with Crippen LogP contribution in [0.2, 0.25) is 0 Å². The summed E-state index contributed by atoms with van der Waals surface area (Å²) in [5, 5.41) is 1.04. The van der Waals surface area contributed by atoms with Crippen LogP contribution in [-0.2, 0) is 24.2 Å². The van der Waals surface area contributed by atoms with Crippen molar-refractivity contribution in [2.24, 2.45) is 0 Å². The van der Waals surface area contributed by atoms with E-state index >= 15 is 0 Å². The molecule has 126 valence electrons. The second-order valence-corrected chi connectivity index (χ2v) is 6.55. The minimum Gasteiger partial charge on any atom is -0.338 e. The molecule has 0 saturated carbocycles. The molecule has 0 atom stereocenters. The Morgan fingerprint density at radius 1 is 1.12 bits per heavy atom. The SMILES string of the molecule is O=C(CCCc1ccccc1)N1CCc2nc3ncccc3cc2C1. The van der Waals surface area contributed by atoms with Crippen LogP contribution in [0.4, 0.5) is 0 Å². The summed E-state index contributed by atoms with van der Waals surface area (Å²) in [6.45, 7) is 1.42. The average Bonchev–Trinajstić information content (AvgIpc) is 2.66. The third kappa shape index (κ3) is 3.53. The highest BCUT2D eigenvalue weighted by atomic mass is 16.2. The van der Waals surface area contributed by atoms with Gasteiger partial charge in [0.2, 0.25) is 5.91 Å². The lowest BCUT2D eigenvalue weighted by atomic mass is 10.0. The maximum atomic E-state index is 12.6. The van der Waals surface area contributed by atoms with E-state index in [1.54, 1.807) is 6.20 Å². The van der Waals surface area contributed by atoms with Gasteiger partial charge in [-0.05, 0) is 42.2 Å². The van der Waals surface area contributed by atoms with Crippen molar-refractivity contribution < 1.29 is 4.79 Å². The Labute approximate surface area is 147 Å². The maximum Gasteiger partial charge on any atom is 0.222 e. The number of hydrogen-bond donors (Lipinski definition) is 0. The van der Waals surface area contributed by atoms with Crippen molar-refractivity contribution in [2.75, 3.05) is 6.54 Å². The van der Waals surface area contributed by atoms with Gasteiger partial charge in [-0.1, -0.05) is 30.3 Å². The molecule has 0 radical (unpaired) electrons. The summed E-state index contributed by atoms with van der Waals surface area (Å²) in [5.41, 5.74) is 4.33. The molecule has 1 aromatic carbocycles. The van der Waals surface area contributed by atoms with E-state index in [2.05, 4.69) is 28.2 Å².